The molecule has 0 bridgehead atoms. The highest BCUT2D eigenvalue weighted by Crippen LogP contribution is 2.40. The van der Waals surface area contributed by atoms with Crippen molar-refractivity contribution in [2.75, 3.05) is 6.54 Å². The molecule has 0 radical (unpaired) electrons. The number of pyridine rings is 1. The topological polar surface area (TPSA) is 24.9 Å². The van der Waals surface area contributed by atoms with E-state index in [9.17, 15) is 0 Å². The fourth-order valence-electron chi connectivity index (χ4n) is 3.91. The minimum atomic E-state index is 0.480. The molecule has 2 heteroatoms. The Balaban J connectivity index is 2.20. The number of nitrogens with one attached hydrogen (secondary N) is 1. The average Bonchev–Trinajstić information content (AvgIpc) is 2.40. The molecule has 1 aromatic rings. The van der Waals surface area contributed by atoms with Crippen molar-refractivity contribution in [1.29, 1.82) is 0 Å². The van der Waals surface area contributed by atoms with Crippen LogP contribution in [0.4, 0.5) is 0 Å². The van der Waals surface area contributed by atoms with Gasteiger partial charge in [0.05, 0.1) is 0 Å². The van der Waals surface area contributed by atoms with Crippen LogP contribution in [0.2, 0.25) is 0 Å². The number of hydrogen-bond acceptors (Lipinski definition) is 2. The smallest absolute Gasteiger partial charge is 0.0366 e. The van der Waals surface area contributed by atoms with Crippen molar-refractivity contribution in [3.05, 3.63) is 29.6 Å². The summed E-state index contributed by atoms with van der Waals surface area (Å²) in [6.07, 6.45) is 9.26. The minimum absolute atomic E-state index is 0.480. The van der Waals surface area contributed by atoms with E-state index in [4.69, 9.17) is 0 Å². The summed E-state index contributed by atoms with van der Waals surface area (Å²) in [5, 5.41) is 3.80. The molecular weight excluding hydrogens is 244 g/mol. The molecule has 1 fully saturated rings. The Labute approximate surface area is 124 Å². The van der Waals surface area contributed by atoms with Crippen LogP contribution in [0.1, 0.15) is 63.6 Å². The number of aryl methyl sites for hydroxylation is 1. The Bertz CT molecular complexity index is 406. The molecule has 0 spiro atoms. The first kappa shape index (κ1) is 15.5. The highest BCUT2D eigenvalue weighted by molar-refractivity contribution is 5.26. The first-order chi connectivity index (χ1) is 9.61. The van der Waals surface area contributed by atoms with Crippen molar-refractivity contribution in [3.8, 4) is 0 Å². The first-order valence-corrected chi connectivity index (χ1v) is 8.25. The van der Waals surface area contributed by atoms with E-state index in [1.54, 1.807) is 0 Å². The second kappa shape index (κ2) is 7.21. The Morgan fingerprint density at radius 2 is 1.95 bits per heavy atom. The van der Waals surface area contributed by atoms with E-state index in [-0.39, 0.29) is 0 Å². The molecule has 3 unspecified atom stereocenters. The third kappa shape index (κ3) is 3.82. The van der Waals surface area contributed by atoms with E-state index in [2.05, 4.69) is 50.3 Å². The fourth-order valence-corrected chi connectivity index (χ4v) is 3.91. The third-order valence-corrected chi connectivity index (χ3v) is 4.72. The molecule has 1 N–H and O–H groups in total. The van der Waals surface area contributed by atoms with Crippen LogP contribution in [0.5, 0.6) is 0 Å². The fraction of sp³-hybridized carbons (Fsp3) is 0.722. The highest BCUT2D eigenvalue weighted by Gasteiger charge is 2.31. The zero-order valence-electron chi connectivity index (χ0n) is 13.5. The molecule has 1 aliphatic carbocycles. The molecule has 1 heterocycles. The second-order valence-corrected chi connectivity index (χ2v) is 6.84. The Hall–Kier alpha value is -0.890. The zero-order chi connectivity index (χ0) is 14.5. The number of aromatic nitrogens is 1. The number of rotatable bonds is 5. The minimum Gasteiger partial charge on any atom is -0.310 e. The largest absolute Gasteiger partial charge is 0.310 e. The van der Waals surface area contributed by atoms with Gasteiger partial charge in [0.15, 0.2) is 0 Å². The first-order valence-electron chi connectivity index (χ1n) is 8.25. The van der Waals surface area contributed by atoms with Gasteiger partial charge >= 0.3 is 0 Å². The van der Waals surface area contributed by atoms with E-state index in [1.165, 1.54) is 36.8 Å². The molecule has 2 nitrogen and oxygen atoms in total. The van der Waals surface area contributed by atoms with Gasteiger partial charge in [-0.25, -0.2) is 0 Å². The van der Waals surface area contributed by atoms with Gasteiger partial charge in [0.1, 0.15) is 0 Å². The quantitative estimate of drug-likeness (QED) is 0.855. The van der Waals surface area contributed by atoms with Crippen LogP contribution in [0.25, 0.3) is 0 Å². The summed E-state index contributed by atoms with van der Waals surface area (Å²) in [4.78, 5) is 4.37. The molecular formula is C18H30N2. The Morgan fingerprint density at radius 3 is 2.55 bits per heavy atom. The van der Waals surface area contributed by atoms with Gasteiger partial charge in [-0.3, -0.25) is 4.98 Å². The van der Waals surface area contributed by atoms with Gasteiger partial charge in [0.2, 0.25) is 0 Å². The SMILES string of the molecule is CCCNC(c1cnccc1C)C1CC(C)CC(C)C1. The molecule has 112 valence electrons. The predicted molar refractivity (Wildman–Crippen MR) is 85.7 cm³/mol. The lowest BCUT2D eigenvalue weighted by Crippen LogP contribution is -2.34. The van der Waals surface area contributed by atoms with Gasteiger partial charge in [-0.05, 0) is 74.1 Å². The van der Waals surface area contributed by atoms with Crippen LogP contribution >= 0.6 is 0 Å². The van der Waals surface area contributed by atoms with Gasteiger partial charge in [-0.2, -0.15) is 0 Å². The maximum absolute atomic E-state index is 4.37. The van der Waals surface area contributed by atoms with Crippen LogP contribution < -0.4 is 5.32 Å². The highest BCUT2D eigenvalue weighted by atomic mass is 14.9. The summed E-state index contributed by atoms with van der Waals surface area (Å²) in [6.45, 7) is 10.4. The molecule has 0 saturated heterocycles. The van der Waals surface area contributed by atoms with Crippen LogP contribution in [0.3, 0.4) is 0 Å². The monoisotopic (exact) mass is 274 g/mol. The van der Waals surface area contributed by atoms with Crippen molar-refractivity contribution < 1.29 is 0 Å². The van der Waals surface area contributed by atoms with Gasteiger partial charge in [-0.15, -0.1) is 0 Å². The molecule has 2 rings (SSSR count). The summed E-state index contributed by atoms with van der Waals surface area (Å²) in [5.74, 6) is 2.46. The third-order valence-electron chi connectivity index (χ3n) is 4.72. The summed E-state index contributed by atoms with van der Waals surface area (Å²) >= 11 is 0. The molecule has 1 saturated carbocycles. The predicted octanol–water partition coefficient (Wildman–Crippen LogP) is 4.50. The summed E-state index contributed by atoms with van der Waals surface area (Å²) in [5.41, 5.74) is 2.78. The molecule has 0 amide bonds. The van der Waals surface area contributed by atoms with E-state index in [0.29, 0.717) is 6.04 Å². The van der Waals surface area contributed by atoms with Crippen LogP contribution in [-0.2, 0) is 0 Å². The number of nitrogens with zero attached hydrogens (tertiary/aromatic N) is 1. The molecule has 1 aliphatic rings. The van der Waals surface area contributed by atoms with Crippen LogP contribution in [-0.4, -0.2) is 11.5 Å². The molecule has 20 heavy (non-hydrogen) atoms. The van der Waals surface area contributed by atoms with Gasteiger partial charge < -0.3 is 5.32 Å². The lowest BCUT2D eigenvalue weighted by atomic mass is 9.72. The maximum Gasteiger partial charge on any atom is 0.0366 e. The Morgan fingerprint density at radius 1 is 1.25 bits per heavy atom. The zero-order valence-corrected chi connectivity index (χ0v) is 13.5. The van der Waals surface area contributed by atoms with Crippen molar-refractivity contribution in [2.45, 2.75) is 59.4 Å². The lowest BCUT2D eigenvalue weighted by molar-refractivity contribution is 0.176. The molecule has 0 aliphatic heterocycles. The summed E-state index contributed by atoms with van der Waals surface area (Å²) in [6, 6.07) is 2.62. The van der Waals surface area contributed by atoms with Gasteiger partial charge in [0, 0.05) is 18.4 Å². The van der Waals surface area contributed by atoms with Crippen molar-refractivity contribution >= 4 is 0 Å². The van der Waals surface area contributed by atoms with E-state index < -0.39 is 0 Å². The van der Waals surface area contributed by atoms with Gasteiger partial charge in [-0.1, -0.05) is 20.8 Å². The van der Waals surface area contributed by atoms with E-state index in [1.807, 2.05) is 6.20 Å². The lowest BCUT2D eigenvalue weighted by Gasteiger charge is -2.37. The van der Waals surface area contributed by atoms with E-state index in [0.717, 1.165) is 24.3 Å². The average molecular weight is 274 g/mol. The summed E-state index contributed by atoms with van der Waals surface area (Å²) < 4.78 is 0. The maximum atomic E-state index is 4.37. The van der Waals surface area contributed by atoms with E-state index >= 15 is 0 Å². The van der Waals surface area contributed by atoms with Gasteiger partial charge in [0.25, 0.3) is 0 Å². The van der Waals surface area contributed by atoms with Crippen molar-refractivity contribution in [3.63, 3.8) is 0 Å². The second-order valence-electron chi connectivity index (χ2n) is 6.84. The summed E-state index contributed by atoms with van der Waals surface area (Å²) in [7, 11) is 0. The van der Waals surface area contributed by atoms with Crippen molar-refractivity contribution in [1.82, 2.24) is 10.3 Å². The standard InChI is InChI=1S/C18H30N2/c1-5-7-20-18(17-12-19-8-6-15(17)4)16-10-13(2)9-14(3)11-16/h6,8,12-14,16,18,20H,5,7,9-11H2,1-4H3. The molecule has 0 aromatic carbocycles. The normalized spacial score (nSPS) is 28.3. The van der Waals surface area contributed by atoms with Crippen molar-refractivity contribution in [2.24, 2.45) is 17.8 Å². The van der Waals surface area contributed by atoms with Crippen LogP contribution in [0, 0.1) is 24.7 Å². The van der Waals surface area contributed by atoms with Crippen LogP contribution in [0.15, 0.2) is 18.5 Å². The molecule has 3 atom stereocenters. The molecule has 1 aromatic heterocycles. The Kier molecular flexibility index (Phi) is 5.59. The number of hydrogen-bond donors (Lipinski definition) is 1.